The summed E-state index contributed by atoms with van der Waals surface area (Å²) in [5, 5.41) is 0. The third kappa shape index (κ3) is 3.69. The quantitative estimate of drug-likeness (QED) is 0.853. The molecule has 0 spiro atoms. The number of rotatable bonds is 5. The summed E-state index contributed by atoms with van der Waals surface area (Å²) in [4.78, 5) is 12.0. The highest BCUT2D eigenvalue weighted by molar-refractivity contribution is 7.92. The Hall–Kier alpha value is -2.49. The molecule has 3 rings (SSSR count). The zero-order valence-corrected chi connectivity index (χ0v) is 15.2. The third-order valence-electron chi connectivity index (χ3n) is 4.01. The zero-order chi connectivity index (χ0) is 18.9. The van der Waals surface area contributed by atoms with Gasteiger partial charge in [-0.25, -0.2) is 22.2 Å². The number of aromatic nitrogens is 2. The Kier molecular flexibility index (Phi) is 4.94. The maximum Gasteiger partial charge on any atom is 0.262 e. The van der Waals surface area contributed by atoms with Crippen molar-refractivity contribution in [2.24, 2.45) is 0 Å². The van der Waals surface area contributed by atoms with Gasteiger partial charge in [0.15, 0.2) is 17.5 Å². The van der Waals surface area contributed by atoms with Crippen LogP contribution in [0.25, 0.3) is 0 Å². The molecular formula is C16H19F2N5O2S. The van der Waals surface area contributed by atoms with Gasteiger partial charge < -0.3 is 9.80 Å². The molecule has 26 heavy (non-hydrogen) atoms. The van der Waals surface area contributed by atoms with Gasteiger partial charge in [-0.05, 0) is 31.0 Å². The van der Waals surface area contributed by atoms with E-state index in [1.54, 1.807) is 19.0 Å². The first-order valence-corrected chi connectivity index (χ1v) is 9.53. The van der Waals surface area contributed by atoms with E-state index >= 15 is 0 Å². The van der Waals surface area contributed by atoms with E-state index in [2.05, 4.69) is 14.7 Å². The number of anilines is 3. The summed E-state index contributed by atoms with van der Waals surface area (Å²) in [5.74, 6) is -1.44. The molecule has 0 bridgehead atoms. The van der Waals surface area contributed by atoms with Gasteiger partial charge in [0.05, 0.1) is 11.1 Å². The second-order valence-corrected chi connectivity index (χ2v) is 7.86. The van der Waals surface area contributed by atoms with E-state index in [0.717, 1.165) is 38.1 Å². The van der Waals surface area contributed by atoms with Crippen LogP contribution in [0.5, 0.6) is 0 Å². The van der Waals surface area contributed by atoms with Crippen LogP contribution in [0.2, 0.25) is 0 Å². The van der Waals surface area contributed by atoms with Crippen LogP contribution in [0.15, 0.2) is 29.3 Å². The van der Waals surface area contributed by atoms with Crippen LogP contribution < -0.4 is 14.5 Å². The molecule has 1 N–H and O–H groups in total. The van der Waals surface area contributed by atoms with Crippen LogP contribution in [0.3, 0.4) is 0 Å². The van der Waals surface area contributed by atoms with Crippen molar-refractivity contribution in [2.75, 3.05) is 41.7 Å². The summed E-state index contributed by atoms with van der Waals surface area (Å²) >= 11 is 0. The summed E-state index contributed by atoms with van der Waals surface area (Å²) in [5.41, 5.74) is 0.155. The highest BCUT2D eigenvalue weighted by Crippen LogP contribution is 2.27. The highest BCUT2D eigenvalue weighted by atomic mass is 32.2. The standard InChI is InChI=1S/C16H19F2N5O2S/c1-22(2)15-14(10-19-16(20-15)23-7-3-4-8-23)21-26(24,25)11-5-6-12(17)13(18)9-11/h5-6,9-10,21H,3-4,7-8H2,1-2H3. The van der Waals surface area contributed by atoms with E-state index in [1.165, 1.54) is 6.20 Å². The van der Waals surface area contributed by atoms with Crippen molar-refractivity contribution in [3.8, 4) is 0 Å². The lowest BCUT2D eigenvalue weighted by Gasteiger charge is -2.21. The first-order valence-electron chi connectivity index (χ1n) is 8.05. The Balaban J connectivity index is 1.93. The molecule has 1 fully saturated rings. The monoisotopic (exact) mass is 383 g/mol. The molecule has 0 unspecified atom stereocenters. The van der Waals surface area contributed by atoms with E-state index in [1.807, 2.05) is 4.90 Å². The molecular weight excluding hydrogens is 364 g/mol. The van der Waals surface area contributed by atoms with Crippen molar-refractivity contribution < 1.29 is 17.2 Å². The smallest absolute Gasteiger partial charge is 0.262 e. The number of nitrogens with one attached hydrogen (secondary N) is 1. The average molecular weight is 383 g/mol. The lowest BCUT2D eigenvalue weighted by molar-refractivity contribution is 0.504. The van der Waals surface area contributed by atoms with Crippen molar-refractivity contribution >= 4 is 27.5 Å². The fourth-order valence-electron chi connectivity index (χ4n) is 2.69. The molecule has 10 heteroatoms. The Morgan fingerprint density at radius 1 is 1.15 bits per heavy atom. The fourth-order valence-corrected chi connectivity index (χ4v) is 3.75. The van der Waals surface area contributed by atoms with Crippen molar-refractivity contribution in [1.29, 1.82) is 0 Å². The van der Waals surface area contributed by atoms with Gasteiger partial charge >= 0.3 is 0 Å². The molecule has 1 aliphatic rings. The van der Waals surface area contributed by atoms with E-state index in [0.29, 0.717) is 17.8 Å². The molecule has 140 valence electrons. The van der Waals surface area contributed by atoms with Gasteiger partial charge in [0.2, 0.25) is 5.95 Å². The minimum absolute atomic E-state index is 0.155. The summed E-state index contributed by atoms with van der Waals surface area (Å²) in [6, 6.07) is 2.39. The van der Waals surface area contributed by atoms with E-state index in [9.17, 15) is 17.2 Å². The maximum atomic E-state index is 13.4. The van der Waals surface area contributed by atoms with Gasteiger partial charge in [-0.1, -0.05) is 0 Å². The van der Waals surface area contributed by atoms with Gasteiger partial charge in [0.1, 0.15) is 5.69 Å². The number of hydrogen-bond donors (Lipinski definition) is 1. The minimum atomic E-state index is -4.12. The molecule has 7 nitrogen and oxygen atoms in total. The third-order valence-corrected chi connectivity index (χ3v) is 5.38. The van der Waals surface area contributed by atoms with Crippen LogP contribution >= 0.6 is 0 Å². The predicted molar refractivity (Wildman–Crippen MR) is 95.0 cm³/mol. The normalized spacial score (nSPS) is 14.5. The summed E-state index contributed by atoms with van der Waals surface area (Å²) in [6.07, 6.45) is 3.50. The maximum absolute atomic E-state index is 13.4. The Labute approximate surface area is 150 Å². The molecule has 1 aliphatic heterocycles. The van der Waals surface area contributed by atoms with Gasteiger partial charge in [-0.15, -0.1) is 0 Å². The lowest BCUT2D eigenvalue weighted by atomic mass is 10.3. The summed E-state index contributed by atoms with van der Waals surface area (Å²) < 4.78 is 53.8. The molecule has 2 aromatic rings. The Morgan fingerprint density at radius 2 is 1.85 bits per heavy atom. The molecule has 0 saturated carbocycles. The minimum Gasteiger partial charge on any atom is -0.361 e. The van der Waals surface area contributed by atoms with Gasteiger partial charge in [-0.3, -0.25) is 4.72 Å². The van der Waals surface area contributed by atoms with E-state index in [-0.39, 0.29) is 10.6 Å². The molecule has 0 radical (unpaired) electrons. The molecule has 0 amide bonds. The molecule has 0 aliphatic carbocycles. The first-order chi connectivity index (χ1) is 12.3. The van der Waals surface area contributed by atoms with Gasteiger partial charge in [0, 0.05) is 27.2 Å². The van der Waals surface area contributed by atoms with Gasteiger partial charge in [-0.2, -0.15) is 4.98 Å². The SMILES string of the molecule is CN(C)c1nc(N2CCCC2)ncc1NS(=O)(=O)c1ccc(F)c(F)c1. The molecule has 2 heterocycles. The van der Waals surface area contributed by atoms with E-state index < -0.39 is 21.7 Å². The largest absolute Gasteiger partial charge is 0.361 e. The number of hydrogen-bond acceptors (Lipinski definition) is 6. The zero-order valence-electron chi connectivity index (χ0n) is 14.4. The van der Waals surface area contributed by atoms with Crippen LogP contribution in [-0.2, 0) is 10.0 Å². The van der Waals surface area contributed by atoms with Crippen LogP contribution in [0.4, 0.5) is 26.2 Å². The lowest BCUT2D eigenvalue weighted by Crippen LogP contribution is -2.24. The van der Waals surface area contributed by atoms with Gasteiger partial charge in [0.25, 0.3) is 10.0 Å². The number of halogens is 2. The van der Waals surface area contributed by atoms with Crippen LogP contribution in [0, 0.1) is 11.6 Å². The van der Waals surface area contributed by atoms with Crippen molar-refractivity contribution in [2.45, 2.75) is 17.7 Å². The number of sulfonamides is 1. The van der Waals surface area contributed by atoms with Crippen molar-refractivity contribution in [1.82, 2.24) is 9.97 Å². The van der Waals surface area contributed by atoms with Crippen LogP contribution in [-0.4, -0.2) is 45.6 Å². The molecule has 0 atom stereocenters. The fraction of sp³-hybridized carbons (Fsp3) is 0.375. The Bertz CT molecular complexity index is 915. The van der Waals surface area contributed by atoms with Crippen molar-refractivity contribution in [3.05, 3.63) is 36.0 Å². The molecule has 1 aromatic carbocycles. The first kappa shape index (κ1) is 18.3. The number of nitrogens with zero attached hydrogens (tertiary/aromatic N) is 4. The second-order valence-electron chi connectivity index (χ2n) is 6.18. The average Bonchev–Trinajstić information content (AvgIpc) is 3.11. The predicted octanol–water partition coefficient (Wildman–Crippen LogP) is 2.22. The highest BCUT2D eigenvalue weighted by Gasteiger charge is 2.22. The van der Waals surface area contributed by atoms with Crippen LogP contribution in [0.1, 0.15) is 12.8 Å². The molecule has 1 saturated heterocycles. The van der Waals surface area contributed by atoms with E-state index in [4.69, 9.17) is 0 Å². The summed E-state index contributed by atoms with van der Waals surface area (Å²) in [6.45, 7) is 1.71. The summed E-state index contributed by atoms with van der Waals surface area (Å²) in [7, 11) is -0.662. The number of benzene rings is 1. The molecule has 1 aromatic heterocycles. The Morgan fingerprint density at radius 3 is 2.46 bits per heavy atom. The van der Waals surface area contributed by atoms with Crippen molar-refractivity contribution in [3.63, 3.8) is 0 Å². The second kappa shape index (κ2) is 7.02. The topological polar surface area (TPSA) is 78.4 Å².